The van der Waals surface area contributed by atoms with E-state index in [0.29, 0.717) is 47.6 Å². The van der Waals surface area contributed by atoms with Crippen molar-refractivity contribution in [3.8, 4) is 5.75 Å². The minimum Gasteiger partial charge on any atom is -0.497 e. The number of halogens is 1. The van der Waals surface area contributed by atoms with Crippen molar-refractivity contribution in [3.63, 3.8) is 0 Å². The second-order valence-electron chi connectivity index (χ2n) is 9.42. The van der Waals surface area contributed by atoms with Crippen LogP contribution in [0.4, 0.5) is 5.69 Å². The third-order valence-electron chi connectivity index (χ3n) is 7.27. The number of rotatable bonds is 5. The standard InChI is InChI=1S/C27H24BrN3O6S2/c1-36-18-8-2-15(3-9-18)20-21-22(25(34)31(24(21)33)17-6-4-16(28)5-7-17)38-26-23(20)39-27(35)30(26)14-19(32)29-10-12-37-13-11-29/h2-9,20-22H,10-14H2,1H3. The van der Waals surface area contributed by atoms with E-state index in [0.717, 1.165) is 21.4 Å². The molecule has 3 atom stereocenters. The Hall–Kier alpha value is -2.93. The molecule has 0 bridgehead atoms. The number of nitrogens with zero attached hydrogens (tertiary/aromatic N) is 3. The fourth-order valence-electron chi connectivity index (χ4n) is 5.32. The number of anilines is 1. The van der Waals surface area contributed by atoms with Gasteiger partial charge in [-0.15, -0.1) is 0 Å². The van der Waals surface area contributed by atoms with Crippen LogP contribution in [0, 0.1) is 5.92 Å². The minimum absolute atomic E-state index is 0.122. The van der Waals surface area contributed by atoms with Crippen molar-refractivity contribution in [1.82, 2.24) is 9.47 Å². The van der Waals surface area contributed by atoms with E-state index in [1.165, 1.54) is 21.2 Å². The van der Waals surface area contributed by atoms with Gasteiger partial charge in [-0.3, -0.25) is 23.7 Å². The SMILES string of the molecule is COc1ccc(C2c3sc(=O)n(CC(=O)N4CCOCC4)c3SC3C(=O)N(c4ccc(Br)cc4)C(=O)C32)cc1. The number of morpholine rings is 1. The van der Waals surface area contributed by atoms with Gasteiger partial charge in [0.2, 0.25) is 17.7 Å². The third kappa shape index (κ3) is 4.62. The highest BCUT2D eigenvalue weighted by molar-refractivity contribution is 9.10. The monoisotopic (exact) mass is 629 g/mol. The van der Waals surface area contributed by atoms with Gasteiger partial charge in [0.1, 0.15) is 17.5 Å². The largest absolute Gasteiger partial charge is 0.497 e. The van der Waals surface area contributed by atoms with Gasteiger partial charge in [0.05, 0.1) is 37.0 Å². The molecule has 0 saturated carbocycles. The Morgan fingerprint density at radius 3 is 2.38 bits per heavy atom. The number of thiazole rings is 1. The molecule has 39 heavy (non-hydrogen) atoms. The number of hydrogen-bond acceptors (Lipinski definition) is 8. The molecule has 0 radical (unpaired) electrons. The fraction of sp³-hybridized carbons (Fsp3) is 0.333. The van der Waals surface area contributed by atoms with Crippen LogP contribution in [0.3, 0.4) is 0 Å². The summed E-state index contributed by atoms with van der Waals surface area (Å²) < 4.78 is 13.0. The van der Waals surface area contributed by atoms with Crippen LogP contribution in [0.15, 0.2) is 62.8 Å². The van der Waals surface area contributed by atoms with E-state index in [-0.39, 0.29) is 29.1 Å². The molecular formula is C27H24BrN3O6S2. The number of methoxy groups -OCH3 is 1. The maximum atomic E-state index is 13.9. The molecule has 2 saturated heterocycles. The molecule has 3 aliphatic heterocycles. The number of benzene rings is 2. The summed E-state index contributed by atoms with van der Waals surface area (Å²) in [6.45, 7) is 1.75. The maximum Gasteiger partial charge on any atom is 0.308 e. The Kier molecular flexibility index (Phi) is 7.13. The molecule has 2 fully saturated rings. The predicted molar refractivity (Wildman–Crippen MR) is 151 cm³/mol. The van der Waals surface area contributed by atoms with Crippen LogP contribution >= 0.6 is 39.0 Å². The van der Waals surface area contributed by atoms with Gasteiger partial charge in [0.15, 0.2) is 0 Å². The Balaban J connectivity index is 1.43. The van der Waals surface area contributed by atoms with Crippen molar-refractivity contribution in [1.29, 1.82) is 0 Å². The highest BCUT2D eigenvalue weighted by atomic mass is 79.9. The zero-order chi connectivity index (χ0) is 27.3. The van der Waals surface area contributed by atoms with Crippen molar-refractivity contribution in [2.24, 2.45) is 5.92 Å². The van der Waals surface area contributed by atoms with Crippen LogP contribution in [0.1, 0.15) is 16.4 Å². The molecule has 9 nitrogen and oxygen atoms in total. The molecule has 3 unspecified atom stereocenters. The molecular weight excluding hydrogens is 606 g/mol. The molecule has 3 aliphatic rings. The van der Waals surface area contributed by atoms with Crippen LogP contribution in [-0.2, 0) is 25.7 Å². The minimum atomic E-state index is -0.737. The fourth-order valence-corrected chi connectivity index (χ4v) is 8.36. The number of ether oxygens (including phenoxy) is 2. The molecule has 3 amide bonds. The zero-order valence-corrected chi connectivity index (χ0v) is 24.1. The maximum absolute atomic E-state index is 13.9. The summed E-state index contributed by atoms with van der Waals surface area (Å²) in [7, 11) is 1.58. The summed E-state index contributed by atoms with van der Waals surface area (Å²) in [6, 6.07) is 14.4. The molecule has 0 N–H and O–H groups in total. The molecule has 3 aromatic rings. The second kappa shape index (κ2) is 10.6. The summed E-state index contributed by atoms with van der Waals surface area (Å²) in [5.74, 6) is -1.36. The molecule has 4 heterocycles. The van der Waals surface area contributed by atoms with Gasteiger partial charge in [-0.1, -0.05) is 51.2 Å². The van der Waals surface area contributed by atoms with E-state index < -0.39 is 17.1 Å². The number of aromatic nitrogens is 1. The molecule has 0 aliphatic carbocycles. The smallest absolute Gasteiger partial charge is 0.308 e. The van der Waals surface area contributed by atoms with Gasteiger partial charge >= 0.3 is 4.87 Å². The van der Waals surface area contributed by atoms with E-state index in [4.69, 9.17) is 9.47 Å². The van der Waals surface area contributed by atoms with Gasteiger partial charge in [-0.2, -0.15) is 0 Å². The highest BCUT2D eigenvalue weighted by Gasteiger charge is 2.56. The van der Waals surface area contributed by atoms with Gasteiger partial charge < -0.3 is 14.4 Å². The van der Waals surface area contributed by atoms with Gasteiger partial charge in [-0.25, -0.2) is 4.90 Å². The van der Waals surface area contributed by atoms with Crippen molar-refractivity contribution >= 4 is 62.4 Å². The Morgan fingerprint density at radius 1 is 1.03 bits per heavy atom. The van der Waals surface area contributed by atoms with Gasteiger partial charge in [0.25, 0.3) is 0 Å². The average molecular weight is 631 g/mol. The highest BCUT2D eigenvalue weighted by Crippen LogP contribution is 2.54. The first-order chi connectivity index (χ1) is 18.9. The first kappa shape index (κ1) is 26.3. The van der Waals surface area contributed by atoms with E-state index in [9.17, 15) is 19.2 Å². The van der Waals surface area contributed by atoms with Gasteiger partial charge in [-0.05, 0) is 42.0 Å². The molecule has 1 aromatic heterocycles. The summed E-state index contributed by atoms with van der Waals surface area (Å²) in [4.78, 5) is 57.4. The summed E-state index contributed by atoms with van der Waals surface area (Å²) in [6.07, 6.45) is 0. The zero-order valence-electron chi connectivity index (χ0n) is 20.9. The average Bonchev–Trinajstić information content (AvgIpc) is 3.40. The predicted octanol–water partition coefficient (Wildman–Crippen LogP) is 3.34. The molecule has 6 rings (SSSR count). The van der Waals surface area contributed by atoms with Crippen LogP contribution in [0.2, 0.25) is 0 Å². The van der Waals surface area contributed by atoms with E-state index >= 15 is 0 Å². The Morgan fingerprint density at radius 2 is 1.72 bits per heavy atom. The lowest BCUT2D eigenvalue weighted by Crippen LogP contribution is -2.43. The number of fused-ring (bicyclic) bond motifs is 2. The van der Waals surface area contributed by atoms with Crippen molar-refractivity contribution < 1.29 is 23.9 Å². The quantitative estimate of drug-likeness (QED) is 0.399. The van der Waals surface area contributed by atoms with Crippen molar-refractivity contribution in [2.75, 3.05) is 38.3 Å². The normalized spacial score (nSPS) is 22.6. The lowest BCUT2D eigenvalue weighted by molar-refractivity contribution is -0.136. The molecule has 202 valence electrons. The lowest BCUT2D eigenvalue weighted by Gasteiger charge is -2.31. The van der Waals surface area contributed by atoms with Crippen LogP contribution in [-0.4, -0.2) is 65.9 Å². The molecule has 2 aromatic carbocycles. The Bertz CT molecular complexity index is 1500. The van der Waals surface area contributed by atoms with E-state index in [1.54, 1.807) is 48.4 Å². The van der Waals surface area contributed by atoms with Crippen LogP contribution in [0.25, 0.3) is 0 Å². The number of thioether (sulfide) groups is 1. The molecule has 0 spiro atoms. The number of amides is 3. The number of carbonyl (C=O) groups excluding carboxylic acids is 3. The lowest BCUT2D eigenvalue weighted by atomic mass is 9.83. The summed E-state index contributed by atoms with van der Waals surface area (Å²) in [5, 5.41) is -0.160. The van der Waals surface area contributed by atoms with Crippen molar-refractivity contribution in [3.05, 3.63) is 73.1 Å². The number of carbonyl (C=O) groups is 3. The second-order valence-corrected chi connectivity index (χ2v) is 12.5. The van der Waals surface area contributed by atoms with Crippen LogP contribution in [0.5, 0.6) is 5.75 Å². The van der Waals surface area contributed by atoms with Crippen LogP contribution < -0.4 is 14.5 Å². The number of hydrogen-bond donors (Lipinski definition) is 0. The van der Waals surface area contributed by atoms with E-state index in [1.807, 2.05) is 12.1 Å². The summed E-state index contributed by atoms with van der Waals surface area (Å²) >= 11 is 5.66. The van der Waals surface area contributed by atoms with Crippen molar-refractivity contribution in [2.45, 2.75) is 22.7 Å². The molecule has 12 heteroatoms. The number of imide groups is 1. The summed E-state index contributed by atoms with van der Waals surface area (Å²) in [5.41, 5.74) is 1.30. The first-order valence-corrected chi connectivity index (χ1v) is 14.9. The Labute approximate surface area is 240 Å². The first-order valence-electron chi connectivity index (χ1n) is 12.4. The third-order valence-corrected chi connectivity index (χ3v) is 10.4. The van der Waals surface area contributed by atoms with Gasteiger partial charge in [0, 0.05) is 28.4 Å². The van der Waals surface area contributed by atoms with E-state index in [2.05, 4.69) is 15.9 Å². The topological polar surface area (TPSA) is 98.2 Å².